The molecule has 1 aromatic heterocycles. The van der Waals surface area contributed by atoms with Gasteiger partial charge in [-0.15, -0.1) is 0 Å². The van der Waals surface area contributed by atoms with Crippen LogP contribution in [-0.2, 0) is 0 Å². The Morgan fingerprint density at radius 3 is 2.50 bits per heavy atom. The van der Waals surface area contributed by atoms with Crippen LogP contribution < -0.4 is 26.0 Å². The first-order chi connectivity index (χ1) is 17.2. The number of nitrogens with one attached hydrogen (secondary N) is 3. The fourth-order valence-corrected chi connectivity index (χ4v) is 5.97. The summed E-state index contributed by atoms with van der Waals surface area (Å²) in [5.74, 6) is 2.64. The molecule has 0 atom stereocenters. The zero-order valence-corrected chi connectivity index (χ0v) is 24.6. The average Bonchev–Trinajstić information content (AvgIpc) is 2.84. The van der Waals surface area contributed by atoms with E-state index in [1.54, 1.807) is 6.20 Å². The van der Waals surface area contributed by atoms with E-state index in [1.165, 1.54) is 22.0 Å². The fraction of sp³-hybridized carbons (Fsp3) is 0.429. The van der Waals surface area contributed by atoms with E-state index in [0.717, 1.165) is 53.3 Å². The lowest BCUT2D eigenvalue weighted by Crippen LogP contribution is -2.27. The molecule has 36 heavy (non-hydrogen) atoms. The van der Waals surface area contributed by atoms with E-state index in [1.807, 2.05) is 0 Å². The summed E-state index contributed by atoms with van der Waals surface area (Å²) < 4.78 is 7.06. The summed E-state index contributed by atoms with van der Waals surface area (Å²) in [6.45, 7) is 15.1. The first-order valence-corrected chi connectivity index (χ1v) is 15.6. The molecule has 192 valence electrons. The third kappa shape index (κ3) is 6.56. The van der Waals surface area contributed by atoms with Crippen molar-refractivity contribution in [1.29, 1.82) is 0 Å². The van der Waals surface area contributed by atoms with Gasteiger partial charge in [0.15, 0.2) is 0 Å². The molecule has 1 saturated heterocycles. The summed E-state index contributed by atoms with van der Waals surface area (Å²) in [7, 11) is -0.269. The number of hydrogen-bond donors (Lipinski definition) is 3. The van der Waals surface area contributed by atoms with Gasteiger partial charge in [0.2, 0.25) is 5.95 Å². The Kier molecular flexibility index (Phi) is 8.87. The van der Waals surface area contributed by atoms with Gasteiger partial charge >= 0.3 is 0 Å². The molecule has 0 aliphatic carbocycles. The Morgan fingerprint density at radius 2 is 1.81 bits per heavy atom. The molecule has 1 aliphatic rings. The van der Waals surface area contributed by atoms with E-state index in [0.29, 0.717) is 11.9 Å². The number of nitrogens with zero attached hydrogens (tertiary/aromatic N) is 2. The first kappa shape index (κ1) is 26.8. The third-order valence-electron chi connectivity index (χ3n) is 6.39. The zero-order chi connectivity index (χ0) is 25.8. The smallest absolute Gasteiger partial charge is 0.229 e. The number of aromatic nitrogens is 2. The monoisotopic (exact) mass is 569 g/mol. The second-order valence-corrected chi connectivity index (χ2v) is 13.1. The largest absolute Gasteiger partial charge is 0.489 e. The van der Waals surface area contributed by atoms with Gasteiger partial charge in [0, 0.05) is 11.9 Å². The van der Waals surface area contributed by atoms with Gasteiger partial charge in [-0.2, -0.15) is 4.98 Å². The molecule has 0 saturated carbocycles. The molecule has 8 heteroatoms. The number of halogens is 1. The lowest BCUT2D eigenvalue weighted by molar-refractivity contribution is 0.243. The van der Waals surface area contributed by atoms with Crippen LogP contribution in [0.3, 0.4) is 0 Å². The number of ether oxygens (including phenoxy) is 1. The molecular weight excluding hydrogens is 533 g/mol. The second-order valence-electron chi connectivity index (χ2n) is 9.95. The maximum atomic E-state index is 6.25. The van der Waals surface area contributed by atoms with Gasteiger partial charge in [0.1, 0.15) is 11.6 Å². The summed E-state index contributed by atoms with van der Waals surface area (Å²) in [4.78, 5) is 9.35. The van der Waals surface area contributed by atoms with Crippen LogP contribution in [0.2, 0.25) is 0 Å². The molecular formula is C28H37BrN5OP. The van der Waals surface area contributed by atoms with E-state index in [-0.39, 0.29) is 14.0 Å². The van der Waals surface area contributed by atoms with Crippen molar-refractivity contribution in [1.82, 2.24) is 15.3 Å². The highest BCUT2D eigenvalue weighted by molar-refractivity contribution is 9.10. The van der Waals surface area contributed by atoms with Crippen molar-refractivity contribution in [3.05, 3.63) is 57.7 Å². The highest BCUT2D eigenvalue weighted by Crippen LogP contribution is 2.37. The Hall–Kier alpha value is -2.21. The quantitative estimate of drug-likeness (QED) is 0.254. The van der Waals surface area contributed by atoms with E-state index < -0.39 is 0 Å². The lowest BCUT2D eigenvalue weighted by atomic mass is 9.87. The van der Waals surface area contributed by atoms with Crippen LogP contribution in [-0.4, -0.2) is 42.5 Å². The van der Waals surface area contributed by atoms with Gasteiger partial charge in [-0.3, -0.25) is 0 Å². The number of anilines is 4. The van der Waals surface area contributed by atoms with Gasteiger partial charge in [-0.1, -0.05) is 19.6 Å². The molecule has 0 unspecified atom stereocenters. The highest BCUT2D eigenvalue weighted by Gasteiger charge is 2.21. The minimum atomic E-state index is -0.269. The number of aryl methyl sites for hydroxylation is 2. The molecule has 6 nitrogen and oxygen atoms in total. The summed E-state index contributed by atoms with van der Waals surface area (Å²) in [6.07, 6.45) is 4.15. The van der Waals surface area contributed by atoms with Crippen molar-refractivity contribution in [3.8, 4) is 5.75 Å². The summed E-state index contributed by atoms with van der Waals surface area (Å²) >= 11 is 3.62. The number of piperidine rings is 1. The minimum absolute atomic E-state index is 0.0649. The van der Waals surface area contributed by atoms with E-state index in [9.17, 15) is 0 Å². The molecule has 0 radical (unpaired) electrons. The van der Waals surface area contributed by atoms with Crippen LogP contribution in [0, 0.1) is 13.8 Å². The van der Waals surface area contributed by atoms with Crippen LogP contribution >= 0.6 is 23.9 Å². The molecule has 0 bridgehead atoms. The Balaban J connectivity index is 1.64. The van der Waals surface area contributed by atoms with Crippen molar-refractivity contribution in [2.75, 3.05) is 37.1 Å². The minimum Gasteiger partial charge on any atom is -0.489 e. The molecule has 3 N–H and O–H groups in total. The highest BCUT2D eigenvalue weighted by atomic mass is 79.9. The molecule has 1 aliphatic heterocycles. The number of hydrogen-bond acceptors (Lipinski definition) is 6. The molecule has 3 aromatic rings. The summed E-state index contributed by atoms with van der Waals surface area (Å²) in [5, 5.41) is 11.7. The van der Waals surface area contributed by atoms with Crippen molar-refractivity contribution in [2.45, 2.75) is 52.6 Å². The molecule has 2 heterocycles. The Morgan fingerprint density at radius 1 is 1.06 bits per heavy atom. The first-order valence-electron chi connectivity index (χ1n) is 12.6. The molecule has 4 rings (SSSR count). The lowest BCUT2D eigenvalue weighted by Gasteiger charge is -2.26. The topological polar surface area (TPSA) is 71.1 Å². The van der Waals surface area contributed by atoms with Crippen molar-refractivity contribution in [2.24, 2.45) is 0 Å². The third-order valence-corrected chi connectivity index (χ3v) is 8.30. The van der Waals surface area contributed by atoms with Gasteiger partial charge < -0.3 is 20.7 Å². The van der Waals surface area contributed by atoms with Crippen LogP contribution in [0.1, 0.15) is 49.3 Å². The van der Waals surface area contributed by atoms with E-state index in [4.69, 9.17) is 9.72 Å². The van der Waals surface area contributed by atoms with Crippen molar-refractivity contribution < 1.29 is 4.74 Å². The normalized spacial score (nSPS) is 14.4. The van der Waals surface area contributed by atoms with Gasteiger partial charge in [0.05, 0.1) is 16.3 Å². The van der Waals surface area contributed by atoms with Gasteiger partial charge in [-0.25, -0.2) is 4.98 Å². The van der Waals surface area contributed by atoms with Crippen molar-refractivity contribution >= 4 is 52.3 Å². The van der Waals surface area contributed by atoms with Gasteiger partial charge in [-0.05, 0) is 130 Å². The van der Waals surface area contributed by atoms with E-state index >= 15 is 0 Å². The standard InChI is InChI=1S/C28H37BrN5OP/c1-17(2)35-25-15-21(20-9-11-30-12-10-20)19(4)14-24(25)33-28-31-16-22(29)27(34-28)32-23-8-7-18(3)13-26(23)36(5)6/h7-8,13-17,20,30H,9-12H2,1-6H3,(H2,31,32,33,34). The average molecular weight is 571 g/mol. The SMILES string of the molecule is Cc1ccc(Nc2nc(Nc3cc(C)c(C4CCNCC4)cc3OC(C)C)ncc2Br)c(P(C)C)c1. The molecule has 0 amide bonds. The van der Waals surface area contributed by atoms with Crippen LogP contribution in [0.4, 0.5) is 23.1 Å². The van der Waals surface area contributed by atoms with Crippen LogP contribution in [0.15, 0.2) is 41.0 Å². The maximum absolute atomic E-state index is 6.25. The Labute approximate surface area is 224 Å². The zero-order valence-electron chi connectivity index (χ0n) is 22.1. The van der Waals surface area contributed by atoms with Crippen LogP contribution in [0.25, 0.3) is 0 Å². The number of benzene rings is 2. The molecule has 1 fully saturated rings. The molecule has 2 aromatic carbocycles. The second kappa shape index (κ2) is 11.9. The number of rotatable bonds is 8. The summed E-state index contributed by atoms with van der Waals surface area (Å²) in [6, 6.07) is 10.9. The van der Waals surface area contributed by atoms with Crippen LogP contribution in [0.5, 0.6) is 5.75 Å². The molecule has 0 spiro atoms. The predicted molar refractivity (Wildman–Crippen MR) is 158 cm³/mol. The Bertz CT molecular complexity index is 1210. The fourth-order valence-electron chi connectivity index (χ4n) is 4.61. The predicted octanol–water partition coefficient (Wildman–Crippen LogP) is 6.96. The van der Waals surface area contributed by atoms with E-state index in [2.05, 4.69) is 108 Å². The maximum Gasteiger partial charge on any atom is 0.229 e. The van der Waals surface area contributed by atoms with Gasteiger partial charge in [0.25, 0.3) is 0 Å². The van der Waals surface area contributed by atoms with Crippen molar-refractivity contribution in [3.63, 3.8) is 0 Å². The summed E-state index contributed by atoms with van der Waals surface area (Å²) in [5.41, 5.74) is 5.86.